The number of amides is 2. The Morgan fingerprint density at radius 1 is 1.18 bits per heavy atom. The lowest BCUT2D eigenvalue weighted by molar-refractivity contribution is 0.0734. The molecule has 2 aromatic rings. The Balaban J connectivity index is 1.64. The number of pyridine rings is 1. The van der Waals surface area contributed by atoms with Crippen molar-refractivity contribution in [1.29, 1.82) is 0 Å². The van der Waals surface area contributed by atoms with Crippen molar-refractivity contribution in [3.05, 3.63) is 54.4 Å². The second kappa shape index (κ2) is 6.26. The number of anilines is 1. The zero-order valence-electron chi connectivity index (χ0n) is 11.8. The molecular formula is C16H15N3O3. The van der Waals surface area contributed by atoms with Gasteiger partial charge in [-0.1, -0.05) is 6.07 Å². The Labute approximate surface area is 127 Å². The quantitative estimate of drug-likeness (QED) is 0.850. The highest BCUT2D eigenvalue weighted by atomic mass is 16.5. The monoisotopic (exact) mass is 297 g/mol. The fourth-order valence-corrected chi connectivity index (χ4v) is 1.88. The number of ether oxygens (including phenoxy) is 1. The molecule has 1 aromatic heterocycles. The number of benzene rings is 1. The summed E-state index contributed by atoms with van der Waals surface area (Å²) < 4.78 is 5.21. The molecular weight excluding hydrogens is 282 g/mol. The highest BCUT2D eigenvalue weighted by Gasteiger charge is 2.23. The van der Waals surface area contributed by atoms with E-state index in [1.165, 1.54) is 6.20 Å². The SMILES string of the molecule is O=C(Nc1cccc(C(=O)Oc2cccnc2)c1)NC1CC1. The maximum atomic E-state index is 12.1. The molecule has 0 atom stereocenters. The highest BCUT2D eigenvalue weighted by molar-refractivity contribution is 5.94. The number of carbonyl (C=O) groups is 2. The van der Waals surface area contributed by atoms with Crippen LogP contribution < -0.4 is 15.4 Å². The Morgan fingerprint density at radius 2 is 2.05 bits per heavy atom. The minimum Gasteiger partial charge on any atom is -0.421 e. The van der Waals surface area contributed by atoms with E-state index in [-0.39, 0.29) is 12.1 Å². The van der Waals surface area contributed by atoms with Gasteiger partial charge in [-0.05, 0) is 43.2 Å². The maximum Gasteiger partial charge on any atom is 0.343 e. The fraction of sp³-hybridized carbons (Fsp3) is 0.188. The van der Waals surface area contributed by atoms with Gasteiger partial charge in [0.25, 0.3) is 0 Å². The van der Waals surface area contributed by atoms with Gasteiger partial charge >= 0.3 is 12.0 Å². The molecule has 2 amide bonds. The molecule has 1 aromatic carbocycles. The van der Waals surface area contributed by atoms with Crippen LogP contribution in [-0.2, 0) is 0 Å². The summed E-state index contributed by atoms with van der Waals surface area (Å²) in [5.74, 6) is -0.128. The predicted molar refractivity (Wildman–Crippen MR) is 80.8 cm³/mol. The van der Waals surface area contributed by atoms with Gasteiger partial charge in [0.15, 0.2) is 0 Å². The summed E-state index contributed by atoms with van der Waals surface area (Å²) in [5, 5.41) is 5.52. The van der Waals surface area contributed by atoms with Gasteiger partial charge in [0.05, 0.1) is 11.8 Å². The highest BCUT2D eigenvalue weighted by Crippen LogP contribution is 2.19. The van der Waals surface area contributed by atoms with Gasteiger partial charge in [-0.25, -0.2) is 9.59 Å². The van der Waals surface area contributed by atoms with Crippen LogP contribution in [0.5, 0.6) is 5.75 Å². The van der Waals surface area contributed by atoms with Gasteiger partial charge < -0.3 is 15.4 Å². The van der Waals surface area contributed by atoms with Crippen LogP contribution in [0.25, 0.3) is 0 Å². The summed E-state index contributed by atoms with van der Waals surface area (Å²) in [6.07, 6.45) is 5.10. The third kappa shape index (κ3) is 3.82. The molecule has 0 aliphatic heterocycles. The van der Waals surface area contributed by atoms with Crippen LogP contribution >= 0.6 is 0 Å². The van der Waals surface area contributed by atoms with E-state index in [2.05, 4.69) is 15.6 Å². The van der Waals surface area contributed by atoms with E-state index in [9.17, 15) is 9.59 Å². The van der Waals surface area contributed by atoms with Gasteiger partial charge in [-0.2, -0.15) is 0 Å². The maximum absolute atomic E-state index is 12.1. The standard InChI is InChI=1S/C16H15N3O3/c20-15(22-14-5-2-8-17-10-14)11-3-1-4-13(9-11)19-16(21)18-12-6-7-12/h1-5,8-10,12H,6-7H2,(H2,18,19,21). The molecule has 1 fully saturated rings. The largest absolute Gasteiger partial charge is 0.421 e. The Morgan fingerprint density at radius 3 is 2.77 bits per heavy atom. The number of nitrogens with zero attached hydrogens (tertiary/aromatic N) is 1. The topological polar surface area (TPSA) is 80.3 Å². The predicted octanol–water partition coefficient (Wildman–Crippen LogP) is 2.58. The Bertz CT molecular complexity index is 684. The van der Waals surface area contributed by atoms with Crippen LogP contribution in [0.2, 0.25) is 0 Å². The lowest BCUT2D eigenvalue weighted by Gasteiger charge is -2.08. The fourth-order valence-electron chi connectivity index (χ4n) is 1.88. The van der Waals surface area contributed by atoms with Gasteiger partial charge in [0.1, 0.15) is 5.75 Å². The van der Waals surface area contributed by atoms with Gasteiger partial charge in [-0.3, -0.25) is 4.98 Å². The lowest BCUT2D eigenvalue weighted by Crippen LogP contribution is -2.30. The van der Waals surface area contributed by atoms with Crippen LogP contribution in [0, 0.1) is 0 Å². The third-order valence-corrected chi connectivity index (χ3v) is 3.11. The van der Waals surface area contributed by atoms with Crippen molar-refractivity contribution in [3.63, 3.8) is 0 Å². The van der Waals surface area contributed by atoms with Crippen molar-refractivity contribution in [2.45, 2.75) is 18.9 Å². The summed E-state index contributed by atoms with van der Waals surface area (Å²) in [4.78, 5) is 27.6. The van der Waals surface area contributed by atoms with Crippen LogP contribution in [0.15, 0.2) is 48.8 Å². The number of hydrogen-bond donors (Lipinski definition) is 2. The van der Waals surface area contributed by atoms with Crippen molar-refractivity contribution in [2.75, 3.05) is 5.32 Å². The number of carbonyl (C=O) groups excluding carboxylic acids is 2. The number of esters is 1. The van der Waals surface area contributed by atoms with E-state index >= 15 is 0 Å². The molecule has 22 heavy (non-hydrogen) atoms. The van der Waals surface area contributed by atoms with Gasteiger partial charge in [0, 0.05) is 17.9 Å². The van der Waals surface area contributed by atoms with Crippen molar-refractivity contribution >= 4 is 17.7 Å². The number of nitrogens with one attached hydrogen (secondary N) is 2. The summed E-state index contributed by atoms with van der Waals surface area (Å²) in [5.41, 5.74) is 0.895. The molecule has 1 saturated carbocycles. The molecule has 1 aliphatic carbocycles. The molecule has 6 nitrogen and oxygen atoms in total. The van der Waals surface area contributed by atoms with Crippen LogP contribution in [-0.4, -0.2) is 23.0 Å². The molecule has 1 aliphatic rings. The van der Waals surface area contributed by atoms with E-state index in [0.717, 1.165) is 12.8 Å². The van der Waals surface area contributed by atoms with Crippen LogP contribution in [0.4, 0.5) is 10.5 Å². The van der Waals surface area contributed by atoms with Crippen molar-refractivity contribution in [2.24, 2.45) is 0 Å². The molecule has 0 saturated heterocycles. The van der Waals surface area contributed by atoms with Crippen molar-refractivity contribution in [3.8, 4) is 5.75 Å². The number of hydrogen-bond acceptors (Lipinski definition) is 4. The second-order valence-electron chi connectivity index (χ2n) is 5.03. The van der Waals surface area contributed by atoms with E-state index in [4.69, 9.17) is 4.74 Å². The summed E-state index contributed by atoms with van der Waals surface area (Å²) in [6, 6.07) is 9.95. The van der Waals surface area contributed by atoms with Crippen molar-refractivity contribution < 1.29 is 14.3 Å². The molecule has 112 valence electrons. The first-order chi connectivity index (χ1) is 10.7. The molecule has 0 bridgehead atoms. The van der Waals surface area contributed by atoms with Crippen LogP contribution in [0.3, 0.4) is 0 Å². The average Bonchev–Trinajstić information content (AvgIpc) is 3.32. The minimum absolute atomic E-state index is 0.264. The van der Waals surface area contributed by atoms with Gasteiger partial charge in [0.2, 0.25) is 0 Å². The second-order valence-corrected chi connectivity index (χ2v) is 5.03. The first-order valence-electron chi connectivity index (χ1n) is 7.00. The number of rotatable bonds is 4. The normalized spacial score (nSPS) is 13.3. The van der Waals surface area contributed by atoms with E-state index < -0.39 is 5.97 Å². The zero-order chi connectivity index (χ0) is 15.4. The Hall–Kier alpha value is -2.89. The smallest absolute Gasteiger partial charge is 0.343 e. The minimum atomic E-state index is -0.501. The number of urea groups is 1. The average molecular weight is 297 g/mol. The molecule has 6 heteroatoms. The molecule has 3 rings (SSSR count). The molecule has 2 N–H and O–H groups in total. The first-order valence-corrected chi connectivity index (χ1v) is 7.00. The molecule has 1 heterocycles. The van der Waals surface area contributed by atoms with Crippen molar-refractivity contribution in [1.82, 2.24) is 10.3 Å². The van der Waals surface area contributed by atoms with Gasteiger partial charge in [-0.15, -0.1) is 0 Å². The first kappa shape index (κ1) is 14.1. The third-order valence-electron chi connectivity index (χ3n) is 3.11. The van der Waals surface area contributed by atoms with E-state index in [0.29, 0.717) is 17.0 Å². The van der Waals surface area contributed by atoms with E-state index in [1.54, 1.807) is 42.6 Å². The van der Waals surface area contributed by atoms with E-state index in [1.807, 2.05) is 0 Å². The summed E-state index contributed by atoms with van der Waals surface area (Å²) in [7, 11) is 0. The zero-order valence-corrected chi connectivity index (χ0v) is 11.8. The summed E-state index contributed by atoms with van der Waals surface area (Å²) in [6.45, 7) is 0. The molecule has 0 radical (unpaired) electrons. The lowest BCUT2D eigenvalue weighted by atomic mass is 10.2. The van der Waals surface area contributed by atoms with Crippen LogP contribution in [0.1, 0.15) is 23.2 Å². The number of aromatic nitrogens is 1. The molecule has 0 unspecified atom stereocenters. The Kier molecular flexibility index (Phi) is 4.00. The summed E-state index contributed by atoms with van der Waals surface area (Å²) >= 11 is 0. The molecule has 0 spiro atoms.